The van der Waals surface area contributed by atoms with Crippen LogP contribution in [0.25, 0.3) is 10.2 Å². The molecule has 10 heteroatoms. The Labute approximate surface area is 198 Å². The van der Waals surface area contributed by atoms with Crippen LogP contribution in [0.3, 0.4) is 0 Å². The Kier molecular flexibility index (Phi) is 6.85. The minimum atomic E-state index is -0.438. The average molecular weight is 480 g/mol. The summed E-state index contributed by atoms with van der Waals surface area (Å²) in [4.78, 5) is 35.0. The number of aryl methyl sites for hydroxylation is 2. The number of carbonyl (C=O) groups excluding carboxylic acids is 1. The summed E-state index contributed by atoms with van der Waals surface area (Å²) in [7, 11) is 0. The van der Waals surface area contributed by atoms with Gasteiger partial charge in [-0.1, -0.05) is 23.9 Å². The highest BCUT2D eigenvalue weighted by Crippen LogP contribution is 2.38. The van der Waals surface area contributed by atoms with E-state index in [-0.39, 0.29) is 11.6 Å². The first kappa shape index (κ1) is 22.7. The second kappa shape index (κ2) is 9.97. The van der Waals surface area contributed by atoms with Crippen LogP contribution in [0.15, 0.2) is 64.8 Å². The molecule has 2 aromatic carbocycles. The number of benzene rings is 2. The largest absolute Gasteiger partial charge is 0.383 e. The van der Waals surface area contributed by atoms with E-state index in [4.69, 9.17) is 0 Å². The fraction of sp³-hybridized carbons (Fsp3) is 0.174. The van der Waals surface area contributed by atoms with Crippen LogP contribution in [-0.2, 0) is 0 Å². The first-order valence-electron chi connectivity index (χ1n) is 10.2. The van der Waals surface area contributed by atoms with Gasteiger partial charge in [0.15, 0.2) is 0 Å². The SMILES string of the molecule is Cc1sc2ncnc(Sc3ccccc3C(=O)NCCNc3ccc([N+](=O)[O-])cc3)c2c1C. The first-order valence-corrected chi connectivity index (χ1v) is 11.8. The number of nitro benzene ring substituents is 1. The van der Waals surface area contributed by atoms with Gasteiger partial charge < -0.3 is 10.6 Å². The lowest BCUT2D eigenvalue weighted by atomic mass is 10.2. The molecule has 0 aliphatic rings. The molecule has 2 N–H and O–H groups in total. The highest BCUT2D eigenvalue weighted by atomic mass is 32.2. The molecule has 0 aliphatic heterocycles. The Bertz CT molecular complexity index is 1320. The number of hydrogen-bond donors (Lipinski definition) is 2. The summed E-state index contributed by atoms with van der Waals surface area (Å²) in [5.74, 6) is -0.174. The number of nitrogens with zero attached hydrogens (tertiary/aromatic N) is 3. The molecule has 168 valence electrons. The van der Waals surface area contributed by atoms with Gasteiger partial charge >= 0.3 is 0 Å². The van der Waals surface area contributed by atoms with Crippen molar-refractivity contribution >= 4 is 50.6 Å². The van der Waals surface area contributed by atoms with Crippen molar-refractivity contribution in [2.75, 3.05) is 18.4 Å². The summed E-state index contributed by atoms with van der Waals surface area (Å²) in [6, 6.07) is 13.6. The van der Waals surface area contributed by atoms with E-state index in [2.05, 4.69) is 34.4 Å². The van der Waals surface area contributed by atoms with Gasteiger partial charge in [-0.05, 0) is 43.7 Å². The molecule has 0 spiro atoms. The molecule has 0 radical (unpaired) electrons. The van der Waals surface area contributed by atoms with E-state index in [0.717, 1.165) is 31.4 Å². The van der Waals surface area contributed by atoms with Gasteiger partial charge in [-0.25, -0.2) is 9.97 Å². The first-order chi connectivity index (χ1) is 15.9. The van der Waals surface area contributed by atoms with E-state index in [9.17, 15) is 14.9 Å². The van der Waals surface area contributed by atoms with Crippen molar-refractivity contribution in [3.8, 4) is 0 Å². The second-order valence-electron chi connectivity index (χ2n) is 7.23. The summed E-state index contributed by atoms with van der Waals surface area (Å²) in [5, 5.41) is 18.7. The third-order valence-electron chi connectivity index (χ3n) is 5.09. The maximum atomic E-state index is 12.9. The summed E-state index contributed by atoms with van der Waals surface area (Å²) in [6.45, 7) is 5.02. The van der Waals surface area contributed by atoms with Crippen LogP contribution in [0.2, 0.25) is 0 Å². The maximum Gasteiger partial charge on any atom is 0.269 e. The van der Waals surface area contributed by atoms with Gasteiger partial charge in [-0.15, -0.1) is 11.3 Å². The number of anilines is 1. The van der Waals surface area contributed by atoms with Crippen molar-refractivity contribution in [2.45, 2.75) is 23.8 Å². The standard InChI is InChI=1S/C23H21N5O3S2/c1-14-15(2)32-22-20(14)23(27-13-26-22)33-19-6-4-3-5-18(19)21(29)25-12-11-24-16-7-9-17(10-8-16)28(30)31/h3-10,13,24H,11-12H2,1-2H3,(H,25,29). The number of amides is 1. The van der Waals surface area contributed by atoms with Crippen LogP contribution in [-0.4, -0.2) is 33.9 Å². The van der Waals surface area contributed by atoms with Crippen LogP contribution in [0.5, 0.6) is 0 Å². The van der Waals surface area contributed by atoms with E-state index in [1.54, 1.807) is 35.9 Å². The number of fused-ring (bicyclic) bond motifs is 1. The van der Waals surface area contributed by atoms with Crippen LogP contribution >= 0.6 is 23.1 Å². The monoisotopic (exact) mass is 479 g/mol. The molecule has 0 unspecified atom stereocenters. The Morgan fingerprint density at radius 1 is 1.09 bits per heavy atom. The molecule has 0 atom stereocenters. The number of nitro groups is 1. The topological polar surface area (TPSA) is 110 Å². The number of aromatic nitrogens is 2. The van der Waals surface area contributed by atoms with Gasteiger partial charge in [0.05, 0.1) is 10.5 Å². The molecule has 0 saturated carbocycles. The molecule has 0 aliphatic carbocycles. The minimum Gasteiger partial charge on any atom is -0.383 e. The van der Waals surface area contributed by atoms with Crippen molar-refractivity contribution < 1.29 is 9.72 Å². The van der Waals surface area contributed by atoms with Crippen LogP contribution in [0, 0.1) is 24.0 Å². The number of rotatable bonds is 8. The number of non-ortho nitro benzene ring substituents is 1. The molecular formula is C23H21N5O3S2. The lowest BCUT2D eigenvalue weighted by Crippen LogP contribution is -2.29. The molecule has 8 nitrogen and oxygen atoms in total. The Morgan fingerprint density at radius 3 is 2.61 bits per heavy atom. The molecular weight excluding hydrogens is 458 g/mol. The van der Waals surface area contributed by atoms with Crippen LogP contribution in [0.4, 0.5) is 11.4 Å². The number of nitrogens with one attached hydrogen (secondary N) is 2. The van der Waals surface area contributed by atoms with E-state index in [1.165, 1.54) is 28.8 Å². The molecule has 0 saturated heterocycles. The van der Waals surface area contributed by atoms with Gasteiger partial charge in [-0.2, -0.15) is 0 Å². The fourth-order valence-electron chi connectivity index (χ4n) is 3.25. The van der Waals surface area contributed by atoms with E-state index in [0.29, 0.717) is 18.7 Å². The van der Waals surface area contributed by atoms with Gasteiger partial charge in [0.25, 0.3) is 11.6 Å². The number of hydrogen-bond acceptors (Lipinski definition) is 8. The third-order valence-corrected chi connectivity index (χ3v) is 7.28. The van der Waals surface area contributed by atoms with Crippen molar-refractivity contribution in [3.05, 3.63) is 81.0 Å². The Morgan fingerprint density at radius 2 is 1.85 bits per heavy atom. The van der Waals surface area contributed by atoms with Crippen molar-refractivity contribution in [1.82, 2.24) is 15.3 Å². The average Bonchev–Trinajstić information content (AvgIpc) is 3.11. The summed E-state index contributed by atoms with van der Waals surface area (Å²) >= 11 is 3.11. The van der Waals surface area contributed by atoms with Gasteiger partial charge in [-0.3, -0.25) is 14.9 Å². The summed E-state index contributed by atoms with van der Waals surface area (Å²) < 4.78 is 0. The second-order valence-corrected chi connectivity index (χ2v) is 9.46. The minimum absolute atomic E-state index is 0.0386. The van der Waals surface area contributed by atoms with Crippen molar-refractivity contribution in [2.24, 2.45) is 0 Å². The highest BCUT2D eigenvalue weighted by Gasteiger charge is 2.17. The van der Waals surface area contributed by atoms with Gasteiger partial charge in [0.1, 0.15) is 16.2 Å². The molecule has 0 fully saturated rings. The number of thiophene rings is 1. The molecule has 1 amide bonds. The molecule has 2 heterocycles. The molecule has 0 bridgehead atoms. The fourth-order valence-corrected chi connectivity index (χ4v) is 5.39. The summed E-state index contributed by atoms with van der Waals surface area (Å²) in [5.41, 5.74) is 2.53. The lowest BCUT2D eigenvalue weighted by molar-refractivity contribution is -0.384. The molecule has 33 heavy (non-hydrogen) atoms. The molecule has 4 rings (SSSR count). The maximum absolute atomic E-state index is 12.9. The van der Waals surface area contributed by atoms with Gasteiger partial charge in [0.2, 0.25) is 0 Å². The zero-order chi connectivity index (χ0) is 23.4. The van der Waals surface area contributed by atoms with Crippen molar-refractivity contribution in [1.29, 1.82) is 0 Å². The summed E-state index contributed by atoms with van der Waals surface area (Å²) in [6.07, 6.45) is 1.56. The van der Waals surface area contributed by atoms with E-state index < -0.39 is 4.92 Å². The zero-order valence-electron chi connectivity index (χ0n) is 18.0. The number of carbonyl (C=O) groups is 1. The van der Waals surface area contributed by atoms with Crippen LogP contribution < -0.4 is 10.6 Å². The highest BCUT2D eigenvalue weighted by molar-refractivity contribution is 7.99. The molecule has 2 aromatic heterocycles. The smallest absolute Gasteiger partial charge is 0.269 e. The predicted molar refractivity (Wildman–Crippen MR) is 131 cm³/mol. The van der Waals surface area contributed by atoms with Gasteiger partial charge in [0, 0.05) is 46.1 Å². The van der Waals surface area contributed by atoms with Crippen LogP contribution in [0.1, 0.15) is 20.8 Å². The Hall–Kier alpha value is -3.50. The zero-order valence-corrected chi connectivity index (χ0v) is 19.6. The van der Waals surface area contributed by atoms with Crippen molar-refractivity contribution in [3.63, 3.8) is 0 Å². The third kappa shape index (κ3) is 5.12. The van der Waals surface area contributed by atoms with E-state index >= 15 is 0 Å². The molecule has 4 aromatic rings. The van der Waals surface area contributed by atoms with E-state index in [1.807, 2.05) is 18.2 Å². The predicted octanol–water partition coefficient (Wildman–Crippen LogP) is 5.21. The normalized spacial score (nSPS) is 10.8. The lowest BCUT2D eigenvalue weighted by Gasteiger charge is -2.11. The quantitative estimate of drug-likeness (QED) is 0.154. The Balaban J connectivity index is 1.41.